The van der Waals surface area contributed by atoms with Gasteiger partial charge in [-0.1, -0.05) is 18.3 Å². The molecule has 1 amide bonds. The molecule has 1 rings (SSSR count). The van der Waals surface area contributed by atoms with Crippen LogP contribution in [0.25, 0.3) is 0 Å². The van der Waals surface area contributed by atoms with E-state index in [0.29, 0.717) is 17.0 Å². The van der Waals surface area contributed by atoms with Crippen LogP contribution in [-0.4, -0.2) is 18.0 Å². The van der Waals surface area contributed by atoms with Gasteiger partial charge >= 0.3 is 0 Å². The quantitative estimate of drug-likeness (QED) is 0.759. The zero-order valence-corrected chi connectivity index (χ0v) is 9.35. The number of benzene rings is 1. The number of methoxy groups -OCH3 is 1. The van der Waals surface area contributed by atoms with E-state index in [1.54, 1.807) is 18.2 Å². The van der Waals surface area contributed by atoms with Crippen LogP contribution in [0.5, 0.6) is 5.75 Å². The second kappa shape index (κ2) is 4.75. The molecule has 0 unspecified atom stereocenters. The maximum absolute atomic E-state index is 11.0. The molecule has 15 heavy (non-hydrogen) atoms. The standard InChI is InChI=1S/C10H12N2O2S/c1-6(13)12-9-7(10(11)15)4-3-5-8(9)14-2/h3-5H,1-2H3,(H2,11,15)(H,12,13). The van der Waals surface area contributed by atoms with E-state index in [4.69, 9.17) is 22.7 Å². The number of hydrogen-bond acceptors (Lipinski definition) is 3. The van der Waals surface area contributed by atoms with E-state index in [0.717, 1.165) is 0 Å². The lowest BCUT2D eigenvalue weighted by Gasteiger charge is -2.12. The smallest absolute Gasteiger partial charge is 0.221 e. The SMILES string of the molecule is COc1cccc(C(N)=S)c1NC(C)=O. The highest BCUT2D eigenvalue weighted by Crippen LogP contribution is 2.28. The van der Waals surface area contributed by atoms with Crippen molar-refractivity contribution in [1.82, 2.24) is 0 Å². The summed E-state index contributed by atoms with van der Waals surface area (Å²) in [6.07, 6.45) is 0. The Morgan fingerprint density at radius 3 is 2.67 bits per heavy atom. The molecule has 0 bridgehead atoms. The summed E-state index contributed by atoms with van der Waals surface area (Å²) >= 11 is 4.88. The first kappa shape index (κ1) is 11.5. The second-order valence-electron chi connectivity index (χ2n) is 2.93. The number of carbonyl (C=O) groups excluding carboxylic acids is 1. The average molecular weight is 224 g/mol. The lowest BCUT2D eigenvalue weighted by Crippen LogP contribution is -2.16. The molecule has 0 atom stereocenters. The van der Waals surface area contributed by atoms with Crippen LogP contribution < -0.4 is 15.8 Å². The van der Waals surface area contributed by atoms with Gasteiger partial charge in [-0.25, -0.2) is 0 Å². The van der Waals surface area contributed by atoms with Crippen LogP contribution >= 0.6 is 12.2 Å². The molecular formula is C10H12N2O2S. The van der Waals surface area contributed by atoms with Crippen molar-refractivity contribution < 1.29 is 9.53 Å². The van der Waals surface area contributed by atoms with Crippen molar-refractivity contribution >= 4 is 28.8 Å². The fourth-order valence-electron chi connectivity index (χ4n) is 1.21. The number of thiocarbonyl (C=S) groups is 1. The maximum Gasteiger partial charge on any atom is 0.221 e. The summed E-state index contributed by atoms with van der Waals surface area (Å²) in [5.74, 6) is 0.340. The number of nitrogens with one attached hydrogen (secondary N) is 1. The van der Waals surface area contributed by atoms with Gasteiger partial charge in [0.05, 0.1) is 12.8 Å². The molecule has 0 aromatic heterocycles. The minimum atomic E-state index is -0.197. The zero-order chi connectivity index (χ0) is 11.4. The van der Waals surface area contributed by atoms with Crippen molar-refractivity contribution in [3.05, 3.63) is 23.8 Å². The number of carbonyl (C=O) groups is 1. The molecule has 1 aromatic carbocycles. The Morgan fingerprint density at radius 2 is 2.20 bits per heavy atom. The van der Waals surface area contributed by atoms with Crippen LogP contribution in [0.4, 0.5) is 5.69 Å². The fraction of sp³-hybridized carbons (Fsp3) is 0.200. The van der Waals surface area contributed by atoms with Crippen molar-refractivity contribution in [3.63, 3.8) is 0 Å². The molecule has 0 saturated carbocycles. The van der Waals surface area contributed by atoms with E-state index in [2.05, 4.69) is 5.32 Å². The lowest BCUT2D eigenvalue weighted by atomic mass is 10.1. The number of para-hydroxylation sites is 1. The zero-order valence-electron chi connectivity index (χ0n) is 8.53. The first-order valence-electron chi connectivity index (χ1n) is 4.30. The highest BCUT2D eigenvalue weighted by molar-refractivity contribution is 7.80. The van der Waals surface area contributed by atoms with E-state index in [9.17, 15) is 4.79 Å². The van der Waals surface area contributed by atoms with Crippen molar-refractivity contribution in [2.24, 2.45) is 5.73 Å². The Hall–Kier alpha value is -1.62. The van der Waals surface area contributed by atoms with Gasteiger partial charge in [0, 0.05) is 12.5 Å². The van der Waals surface area contributed by atoms with E-state index in [1.807, 2.05) is 0 Å². The van der Waals surface area contributed by atoms with Gasteiger partial charge in [0.2, 0.25) is 5.91 Å². The van der Waals surface area contributed by atoms with Gasteiger partial charge in [0.1, 0.15) is 10.7 Å². The Kier molecular flexibility index (Phi) is 3.62. The van der Waals surface area contributed by atoms with Gasteiger partial charge < -0.3 is 15.8 Å². The van der Waals surface area contributed by atoms with Crippen LogP contribution in [0.3, 0.4) is 0 Å². The Bertz CT molecular complexity index is 404. The van der Waals surface area contributed by atoms with Crippen LogP contribution in [0.1, 0.15) is 12.5 Å². The molecule has 0 radical (unpaired) electrons. The summed E-state index contributed by atoms with van der Waals surface area (Å²) in [7, 11) is 1.52. The summed E-state index contributed by atoms with van der Waals surface area (Å²) in [6.45, 7) is 1.41. The van der Waals surface area contributed by atoms with Crippen LogP contribution in [-0.2, 0) is 4.79 Å². The fourth-order valence-corrected chi connectivity index (χ4v) is 1.38. The summed E-state index contributed by atoms with van der Waals surface area (Å²) in [5, 5.41) is 2.64. The highest BCUT2D eigenvalue weighted by atomic mass is 32.1. The van der Waals surface area contributed by atoms with E-state index >= 15 is 0 Å². The molecule has 1 aromatic rings. The topological polar surface area (TPSA) is 64.3 Å². The van der Waals surface area contributed by atoms with Crippen LogP contribution in [0.15, 0.2) is 18.2 Å². The summed E-state index contributed by atoms with van der Waals surface area (Å²) < 4.78 is 5.11. The molecule has 0 aliphatic rings. The minimum absolute atomic E-state index is 0.197. The minimum Gasteiger partial charge on any atom is -0.495 e. The normalized spacial score (nSPS) is 9.47. The number of nitrogens with two attached hydrogens (primary N) is 1. The molecule has 4 nitrogen and oxygen atoms in total. The third kappa shape index (κ3) is 2.66. The number of hydrogen-bond donors (Lipinski definition) is 2. The van der Waals surface area contributed by atoms with Gasteiger partial charge in [-0.2, -0.15) is 0 Å². The predicted molar refractivity (Wildman–Crippen MR) is 63.2 cm³/mol. The van der Waals surface area contributed by atoms with Crippen molar-refractivity contribution in [2.45, 2.75) is 6.92 Å². The summed E-state index contributed by atoms with van der Waals surface area (Å²) in [4.78, 5) is 11.2. The molecule has 3 N–H and O–H groups in total. The number of amides is 1. The second-order valence-corrected chi connectivity index (χ2v) is 3.37. The van der Waals surface area contributed by atoms with Crippen molar-refractivity contribution in [1.29, 1.82) is 0 Å². The van der Waals surface area contributed by atoms with Gasteiger partial charge in [-0.15, -0.1) is 0 Å². The molecule has 0 spiro atoms. The molecule has 5 heteroatoms. The molecule has 0 saturated heterocycles. The molecule has 0 aliphatic carbocycles. The average Bonchev–Trinajstić information content (AvgIpc) is 2.16. The Morgan fingerprint density at radius 1 is 1.53 bits per heavy atom. The van der Waals surface area contributed by atoms with Crippen molar-refractivity contribution in [3.8, 4) is 5.75 Å². The molecular weight excluding hydrogens is 212 g/mol. The van der Waals surface area contributed by atoms with Gasteiger partial charge in [0.15, 0.2) is 0 Å². The van der Waals surface area contributed by atoms with Crippen molar-refractivity contribution in [2.75, 3.05) is 12.4 Å². The van der Waals surface area contributed by atoms with Gasteiger partial charge in [0.25, 0.3) is 0 Å². The maximum atomic E-state index is 11.0. The van der Waals surface area contributed by atoms with Gasteiger partial charge in [-0.05, 0) is 12.1 Å². The number of ether oxygens (including phenoxy) is 1. The molecule has 0 aliphatic heterocycles. The monoisotopic (exact) mass is 224 g/mol. The Labute approximate surface area is 93.4 Å². The van der Waals surface area contributed by atoms with Gasteiger partial charge in [-0.3, -0.25) is 4.79 Å². The summed E-state index contributed by atoms with van der Waals surface area (Å²) in [5.41, 5.74) is 6.65. The third-order valence-corrected chi connectivity index (χ3v) is 2.03. The molecule has 0 heterocycles. The first-order chi connectivity index (χ1) is 7.06. The third-order valence-electron chi connectivity index (χ3n) is 1.81. The predicted octanol–water partition coefficient (Wildman–Crippen LogP) is 1.29. The number of rotatable bonds is 3. The first-order valence-corrected chi connectivity index (χ1v) is 4.71. The van der Waals surface area contributed by atoms with E-state index in [1.165, 1.54) is 14.0 Å². The van der Waals surface area contributed by atoms with Crippen LogP contribution in [0.2, 0.25) is 0 Å². The van der Waals surface area contributed by atoms with E-state index < -0.39 is 0 Å². The van der Waals surface area contributed by atoms with E-state index in [-0.39, 0.29) is 10.9 Å². The lowest BCUT2D eigenvalue weighted by molar-refractivity contribution is -0.114. The van der Waals surface area contributed by atoms with Crippen LogP contribution in [0, 0.1) is 0 Å². The number of anilines is 1. The highest BCUT2D eigenvalue weighted by Gasteiger charge is 2.11. The summed E-state index contributed by atoms with van der Waals surface area (Å²) in [6, 6.07) is 5.22. The molecule has 0 fully saturated rings. The Balaban J connectivity index is 3.26. The largest absolute Gasteiger partial charge is 0.495 e. The molecule has 80 valence electrons.